The topological polar surface area (TPSA) is 9.72 Å². The van der Waals surface area contributed by atoms with Crippen molar-refractivity contribution in [3.05, 3.63) is 20.4 Å². The van der Waals surface area contributed by atoms with Crippen LogP contribution < -0.4 is 0 Å². The van der Waals surface area contributed by atoms with Gasteiger partial charge >= 0.3 is 139 Å². The molecule has 1 atom stereocenters. The monoisotopic (exact) mass is 442 g/mol. The van der Waals surface area contributed by atoms with Gasteiger partial charge in [-0.3, -0.25) is 0 Å². The summed E-state index contributed by atoms with van der Waals surface area (Å²) in [5, 5.41) is 0. The molecule has 4 heteroatoms. The van der Waals surface area contributed by atoms with Crippen LogP contribution in [0.1, 0.15) is 25.7 Å². The van der Waals surface area contributed by atoms with Crippen LogP contribution in [-0.2, 0) is 24.4 Å². The number of nitrogens with zero attached hydrogens (tertiary/aromatic N) is 3. The fourth-order valence-corrected chi connectivity index (χ4v) is 6.38. The van der Waals surface area contributed by atoms with E-state index in [-0.39, 0.29) is 0 Å². The normalized spacial score (nSPS) is 23.8. The van der Waals surface area contributed by atoms with E-state index in [2.05, 4.69) is 57.0 Å². The number of likely N-dealkylation sites (N-methyl/N-ethyl adjacent to an activating group) is 2. The molecule has 111 valence electrons. The van der Waals surface area contributed by atoms with Crippen LogP contribution >= 0.6 is 0 Å². The van der Waals surface area contributed by atoms with Gasteiger partial charge in [0.25, 0.3) is 0 Å². The third-order valence-electron chi connectivity index (χ3n) is 4.58. The van der Waals surface area contributed by atoms with Crippen molar-refractivity contribution in [3.63, 3.8) is 0 Å². The quantitative estimate of drug-likeness (QED) is 0.622. The summed E-state index contributed by atoms with van der Waals surface area (Å²) in [6, 6.07) is 0. The molecule has 2 aliphatic carbocycles. The molecule has 3 nitrogen and oxygen atoms in total. The summed E-state index contributed by atoms with van der Waals surface area (Å²) in [5.41, 5.74) is 4.49. The van der Waals surface area contributed by atoms with Crippen molar-refractivity contribution < 1.29 is 24.4 Å². The molecular formula is C16H28HfN3. The van der Waals surface area contributed by atoms with E-state index in [0.29, 0.717) is 5.92 Å². The molecule has 1 saturated carbocycles. The standard InChI is InChI=1S/C16H28N3.Hf/c1-17(2)14-11-13(12-9-7-8-10-12)15(18(3)4)16(14)19(5)6;/h12-13H,7-10H2,1-6H3;. The van der Waals surface area contributed by atoms with Crippen LogP contribution in [-0.4, -0.2) is 57.0 Å². The van der Waals surface area contributed by atoms with Gasteiger partial charge < -0.3 is 0 Å². The van der Waals surface area contributed by atoms with E-state index in [4.69, 9.17) is 0 Å². The van der Waals surface area contributed by atoms with E-state index in [0.717, 1.165) is 30.3 Å². The van der Waals surface area contributed by atoms with Crippen LogP contribution in [0.25, 0.3) is 0 Å². The molecule has 0 N–H and O–H groups in total. The van der Waals surface area contributed by atoms with Crippen molar-refractivity contribution in [1.82, 2.24) is 14.7 Å². The van der Waals surface area contributed by atoms with Crippen LogP contribution in [0.15, 0.2) is 20.4 Å². The molecule has 1 unspecified atom stereocenters. The Kier molecular flexibility index (Phi) is 5.04. The maximum atomic E-state index is 2.37. The van der Waals surface area contributed by atoms with E-state index >= 15 is 0 Å². The second kappa shape index (κ2) is 6.25. The number of hydrogen-bond acceptors (Lipinski definition) is 3. The van der Waals surface area contributed by atoms with Gasteiger partial charge in [0.15, 0.2) is 0 Å². The van der Waals surface area contributed by atoms with Gasteiger partial charge in [-0.1, -0.05) is 0 Å². The molecule has 0 spiro atoms. The summed E-state index contributed by atoms with van der Waals surface area (Å²) in [6.45, 7) is 0. The Morgan fingerprint density at radius 1 is 0.800 bits per heavy atom. The van der Waals surface area contributed by atoms with E-state index in [1.807, 2.05) is 0 Å². The van der Waals surface area contributed by atoms with Crippen LogP contribution in [0.3, 0.4) is 0 Å². The fraction of sp³-hybridized carbons (Fsp3) is 0.750. The van der Waals surface area contributed by atoms with Gasteiger partial charge in [0.2, 0.25) is 0 Å². The van der Waals surface area contributed by atoms with Crippen molar-refractivity contribution in [2.75, 3.05) is 42.3 Å². The van der Waals surface area contributed by atoms with Crippen molar-refractivity contribution >= 4 is 0 Å². The van der Waals surface area contributed by atoms with Crippen molar-refractivity contribution in [2.45, 2.75) is 25.7 Å². The minimum absolute atomic E-state index is 0.675. The number of allylic oxidation sites excluding steroid dienone is 1. The average Bonchev–Trinajstić information content (AvgIpc) is 2.92. The maximum absolute atomic E-state index is 2.37. The second-order valence-electron chi connectivity index (χ2n) is 6.70. The third kappa shape index (κ3) is 2.72. The first kappa shape index (κ1) is 16.1. The first-order valence-electron chi connectivity index (χ1n) is 7.58. The summed E-state index contributed by atoms with van der Waals surface area (Å²) in [5.74, 6) is 1.54. The second-order valence-corrected chi connectivity index (χ2v) is 8.64. The Morgan fingerprint density at radius 3 is 1.70 bits per heavy atom. The number of hydrogen-bond donors (Lipinski definition) is 0. The predicted octanol–water partition coefficient (Wildman–Crippen LogP) is 2.46. The van der Waals surface area contributed by atoms with E-state index < -0.39 is 0 Å². The Hall–Kier alpha value is -0.250. The first-order chi connectivity index (χ1) is 9.36. The van der Waals surface area contributed by atoms with E-state index in [9.17, 15) is 0 Å². The van der Waals surface area contributed by atoms with Crippen LogP contribution in [0.4, 0.5) is 0 Å². The molecule has 0 amide bonds. The molecule has 20 heavy (non-hydrogen) atoms. The van der Waals surface area contributed by atoms with Gasteiger partial charge in [0, 0.05) is 0 Å². The molecule has 0 aromatic carbocycles. The summed E-state index contributed by atoms with van der Waals surface area (Å²) in [6.07, 6.45) is 5.67. The van der Waals surface area contributed by atoms with Crippen molar-refractivity contribution in [2.24, 2.45) is 11.8 Å². The molecule has 2 aliphatic rings. The predicted molar refractivity (Wildman–Crippen MR) is 80.6 cm³/mol. The van der Waals surface area contributed by atoms with Crippen molar-refractivity contribution in [3.8, 4) is 0 Å². The summed E-state index contributed by atoms with van der Waals surface area (Å²) in [7, 11) is 13.2. The molecule has 0 saturated heterocycles. The van der Waals surface area contributed by atoms with E-state index in [1.54, 1.807) is 9.03 Å². The van der Waals surface area contributed by atoms with Gasteiger partial charge in [-0.2, -0.15) is 0 Å². The molecule has 1 fully saturated rings. The molecule has 0 bridgehead atoms. The third-order valence-corrected chi connectivity index (χ3v) is 6.54. The summed E-state index contributed by atoms with van der Waals surface area (Å²) >= 11 is 1.16. The summed E-state index contributed by atoms with van der Waals surface area (Å²) in [4.78, 5) is 7.01. The van der Waals surface area contributed by atoms with Gasteiger partial charge in [0.05, 0.1) is 0 Å². The van der Waals surface area contributed by atoms with Gasteiger partial charge in [-0.05, 0) is 0 Å². The molecule has 0 radical (unpaired) electrons. The van der Waals surface area contributed by atoms with Crippen LogP contribution in [0.5, 0.6) is 0 Å². The molecule has 0 aliphatic heterocycles. The Morgan fingerprint density at radius 2 is 1.30 bits per heavy atom. The van der Waals surface area contributed by atoms with Gasteiger partial charge in [0.1, 0.15) is 0 Å². The molecule has 0 aromatic heterocycles. The van der Waals surface area contributed by atoms with Crippen molar-refractivity contribution in [1.29, 1.82) is 0 Å². The molecular weight excluding hydrogens is 413 g/mol. The minimum atomic E-state index is 0.675. The molecule has 2 rings (SSSR count). The van der Waals surface area contributed by atoms with Crippen LogP contribution in [0.2, 0.25) is 0 Å². The van der Waals surface area contributed by atoms with Gasteiger partial charge in [-0.15, -0.1) is 0 Å². The van der Waals surface area contributed by atoms with Gasteiger partial charge in [-0.25, -0.2) is 0 Å². The number of rotatable bonds is 4. The van der Waals surface area contributed by atoms with E-state index in [1.165, 1.54) is 37.1 Å². The SMILES string of the molecule is CN(C)C1=[C]([Hf])C(C2CCCC2)C(N(C)C)=C1N(C)C. The Bertz CT molecular complexity index is 429. The van der Waals surface area contributed by atoms with Crippen LogP contribution in [0, 0.1) is 11.8 Å². The Balaban J connectivity index is 2.53. The molecule has 0 heterocycles. The zero-order valence-electron chi connectivity index (χ0n) is 13.8. The fourth-order valence-electron chi connectivity index (χ4n) is 3.81. The first-order valence-corrected chi connectivity index (χ1v) is 9.38. The zero-order chi connectivity index (χ0) is 15.0. The summed E-state index contributed by atoms with van der Waals surface area (Å²) < 4.78 is 1.70. The zero-order valence-corrected chi connectivity index (χ0v) is 17.4. The molecule has 0 aromatic rings. The average molecular weight is 441 g/mol. The Labute approximate surface area is 139 Å².